The van der Waals surface area contributed by atoms with Crippen LogP contribution in [0, 0.1) is 11.8 Å². The van der Waals surface area contributed by atoms with Crippen molar-refractivity contribution in [3.8, 4) is 0 Å². The van der Waals surface area contributed by atoms with Gasteiger partial charge in [-0.2, -0.15) is 0 Å². The zero-order chi connectivity index (χ0) is 24.1. The number of unbranched alkanes of at least 4 members (excludes halogenated alkanes) is 2. The van der Waals surface area contributed by atoms with E-state index in [9.17, 15) is 14.4 Å². The Morgan fingerprint density at radius 3 is 2.59 bits per heavy atom. The molecule has 2 unspecified atom stereocenters. The van der Waals surface area contributed by atoms with Gasteiger partial charge in [-0.1, -0.05) is 6.92 Å². The predicted molar refractivity (Wildman–Crippen MR) is 124 cm³/mol. The quantitative estimate of drug-likeness (QED) is 0.322. The summed E-state index contributed by atoms with van der Waals surface area (Å²) in [7, 11) is 0. The molecule has 0 aromatic carbocycles. The SMILES string of the molecule is CCCNC(=O)[C@@H]1[C@@H]2CCC3(O2)C(C(=O)NCCN2CCOCC2)N(CCCCCO)C(=O)[C@H]13. The van der Waals surface area contributed by atoms with Crippen LogP contribution in [0.25, 0.3) is 0 Å². The first-order chi connectivity index (χ1) is 16.5. The molecule has 4 aliphatic heterocycles. The Hall–Kier alpha value is -1.75. The summed E-state index contributed by atoms with van der Waals surface area (Å²) in [6, 6.07) is -0.724. The molecule has 0 aromatic rings. The van der Waals surface area contributed by atoms with Gasteiger partial charge in [0.25, 0.3) is 0 Å². The standard InChI is InChI=1S/C24H40N4O6/c1-2-8-25-21(30)18-17-6-7-24(34-17)19(18)23(32)28(10-4-3-5-14-29)20(24)22(31)26-9-11-27-12-15-33-16-13-27/h17-20,29H,2-16H2,1H3,(H,25,30)(H,26,31)/t17-,18+,19-,20?,24?/m0/s1. The third kappa shape index (κ3) is 4.82. The van der Waals surface area contributed by atoms with E-state index in [-0.39, 0.29) is 30.4 Å². The van der Waals surface area contributed by atoms with Crippen molar-refractivity contribution in [2.24, 2.45) is 11.8 Å². The monoisotopic (exact) mass is 480 g/mol. The van der Waals surface area contributed by atoms with Crippen molar-refractivity contribution in [3.63, 3.8) is 0 Å². The summed E-state index contributed by atoms with van der Waals surface area (Å²) in [6.07, 6.45) is 3.93. The summed E-state index contributed by atoms with van der Waals surface area (Å²) in [5.41, 5.74) is -0.935. The molecule has 0 aliphatic carbocycles. The number of aliphatic hydroxyl groups is 1. The molecule has 10 nitrogen and oxygen atoms in total. The van der Waals surface area contributed by atoms with E-state index in [0.29, 0.717) is 58.5 Å². The molecule has 0 aromatic heterocycles. The van der Waals surface area contributed by atoms with Crippen LogP contribution < -0.4 is 10.6 Å². The highest BCUT2D eigenvalue weighted by Crippen LogP contribution is 2.58. The molecule has 10 heteroatoms. The fraction of sp³-hybridized carbons (Fsp3) is 0.875. The number of ether oxygens (including phenoxy) is 2. The average Bonchev–Trinajstić information content (AvgIpc) is 3.48. The van der Waals surface area contributed by atoms with Gasteiger partial charge in [0.1, 0.15) is 11.6 Å². The Labute approximate surface area is 201 Å². The summed E-state index contributed by atoms with van der Waals surface area (Å²) in [5, 5.41) is 15.1. The maximum atomic E-state index is 13.7. The van der Waals surface area contributed by atoms with Gasteiger partial charge in [-0.05, 0) is 38.5 Å². The number of carbonyl (C=O) groups is 3. The Morgan fingerprint density at radius 2 is 1.85 bits per heavy atom. The number of rotatable bonds is 12. The molecule has 4 saturated heterocycles. The lowest BCUT2D eigenvalue weighted by Gasteiger charge is -2.34. The second kappa shape index (κ2) is 11.3. The third-order valence-electron chi connectivity index (χ3n) is 7.79. The largest absolute Gasteiger partial charge is 0.396 e. The number of aliphatic hydroxyl groups excluding tert-OH is 1. The molecule has 4 aliphatic rings. The van der Waals surface area contributed by atoms with Crippen LogP contribution in [0.5, 0.6) is 0 Å². The van der Waals surface area contributed by atoms with Crippen molar-refractivity contribution in [3.05, 3.63) is 0 Å². The number of nitrogens with one attached hydrogen (secondary N) is 2. The van der Waals surface area contributed by atoms with Gasteiger partial charge in [-0.25, -0.2) is 0 Å². The zero-order valence-corrected chi connectivity index (χ0v) is 20.3. The molecule has 4 heterocycles. The van der Waals surface area contributed by atoms with Crippen LogP contribution in [0.3, 0.4) is 0 Å². The number of amides is 3. The highest BCUT2D eigenvalue weighted by atomic mass is 16.5. The molecule has 2 bridgehead atoms. The summed E-state index contributed by atoms with van der Waals surface area (Å²) in [4.78, 5) is 44.1. The first-order valence-corrected chi connectivity index (χ1v) is 13.0. The molecule has 34 heavy (non-hydrogen) atoms. The van der Waals surface area contributed by atoms with E-state index in [1.54, 1.807) is 4.90 Å². The number of fused-ring (bicyclic) bond motifs is 1. The van der Waals surface area contributed by atoms with Crippen molar-refractivity contribution >= 4 is 17.7 Å². The molecule has 5 atom stereocenters. The minimum absolute atomic E-state index is 0.108. The Bertz CT molecular complexity index is 745. The Morgan fingerprint density at radius 1 is 1.09 bits per heavy atom. The van der Waals surface area contributed by atoms with E-state index < -0.39 is 23.5 Å². The highest BCUT2D eigenvalue weighted by molar-refractivity contribution is 5.98. The summed E-state index contributed by atoms with van der Waals surface area (Å²) >= 11 is 0. The minimum Gasteiger partial charge on any atom is -0.396 e. The second-order valence-electron chi connectivity index (χ2n) is 9.91. The number of carbonyl (C=O) groups excluding carboxylic acids is 3. The number of nitrogens with zero attached hydrogens (tertiary/aromatic N) is 2. The van der Waals surface area contributed by atoms with Gasteiger partial charge in [0.05, 0.1) is 31.2 Å². The molecule has 192 valence electrons. The van der Waals surface area contributed by atoms with E-state index in [1.807, 2.05) is 6.92 Å². The van der Waals surface area contributed by atoms with Gasteiger partial charge in [0.15, 0.2) is 0 Å². The smallest absolute Gasteiger partial charge is 0.245 e. The van der Waals surface area contributed by atoms with Gasteiger partial charge in [-0.15, -0.1) is 0 Å². The molecule has 4 fully saturated rings. The van der Waals surface area contributed by atoms with Gasteiger partial charge in [0, 0.05) is 45.9 Å². The first-order valence-electron chi connectivity index (χ1n) is 13.0. The lowest BCUT2D eigenvalue weighted by Crippen LogP contribution is -2.56. The maximum absolute atomic E-state index is 13.7. The molecule has 4 rings (SSSR count). The van der Waals surface area contributed by atoms with Crippen molar-refractivity contribution in [2.45, 2.75) is 63.2 Å². The predicted octanol–water partition coefficient (Wildman–Crippen LogP) is -0.502. The second-order valence-corrected chi connectivity index (χ2v) is 9.91. The fourth-order valence-electron chi connectivity index (χ4n) is 6.19. The lowest BCUT2D eigenvalue weighted by atomic mass is 9.70. The van der Waals surface area contributed by atoms with Crippen molar-refractivity contribution in [1.29, 1.82) is 0 Å². The lowest BCUT2D eigenvalue weighted by molar-refractivity contribution is -0.142. The van der Waals surface area contributed by atoms with E-state index in [4.69, 9.17) is 14.6 Å². The average molecular weight is 481 g/mol. The molecule has 0 saturated carbocycles. The van der Waals surface area contributed by atoms with Crippen LogP contribution in [-0.4, -0.2) is 109 Å². The topological polar surface area (TPSA) is 120 Å². The Kier molecular flexibility index (Phi) is 8.44. The maximum Gasteiger partial charge on any atom is 0.245 e. The van der Waals surface area contributed by atoms with Gasteiger partial charge in [0.2, 0.25) is 17.7 Å². The summed E-state index contributed by atoms with van der Waals surface area (Å²) in [6.45, 7) is 7.41. The van der Waals surface area contributed by atoms with Gasteiger partial charge >= 0.3 is 0 Å². The molecule has 1 spiro atoms. The summed E-state index contributed by atoms with van der Waals surface area (Å²) in [5.74, 6) is -1.63. The molecular weight excluding hydrogens is 440 g/mol. The van der Waals surface area contributed by atoms with Crippen LogP contribution in [0.4, 0.5) is 0 Å². The zero-order valence-electron chi connectivity index (χ0n) is 20.3. The minimum atomic E-state index is -0.935. The van der Waals surface area contributed by atoms with Gasteiger partial charge < -0.3 is 30.1 Å². The van der Waals surface area contributed by atoms with Crippen molar-refractivity contribution < 1.29 is 29.0 Å². The van der Waals surface area contributed by atoms with Crippen LogP contribution in [0.2, 0.25) is 0 Å². The number of morpholine rings is 1. The number of hydrogen-bond acceptors (Lipinski definition) is 7. The van der Waals surface area contributed by atoms with E-state index >= 15 is 0 Å². The number of hydrogen-bond donors (Lipinski definition) is 3. The molecule has 3 amide bonds. The normalized spacial score (nSPS) is 32.8. The van der Waals surface area contributed by atoms with Crippen LogP contribution in [-0.2, 0) is 23.9 Å². The van der Waals surface area contributed by atoms with E-state index in [1.165, 1.54) is 0 Å². The fourth-order valence-corrected chi connectivity index (χ4v) is 6.19. The van der Waals surface area contributed by atoms with Crippen LogP contribution in [0.1, 0.15) is 45.4 Å². The highest BCUT2D eigenvalue weighted by Gasteiger charge is 2.74. The molecule has 0 radical (unpaired) electrons. The van der Waals surface area contributed by atoms with Gasteiger partial charge in [-0.3, -0.25) is 19.3 Å². The first kappa shape index (κ1) is 25.3. The molecule has 3 N–H and O–H groups in total. The van der Waals surface area contributed by atoms with E-state index in [2.05, 4.69) is 15.5 Å². The van der Waals surface area contributed by atoms with Crippen molar-refractivity contribution in [1.82, 2.24) is 20.4 Å². The molecular formula is C24H40N4O6. The van der Waals surface area contributed by atoms with Crippen LogP contribution in [0.15, 0.2) is 0 Å². The Balaban J connectivity index is 1.49. The van der Waals surface area contributed by atoms with E-state index in [0.717, 1.165) is 32.5 Å². The third-order valence-corrected chi connectivity index (χ3v) is 7.79. The number of likely N-dealkylation sites (tertiary alicyclic amines) is 1. The van der Waals surface area contributed by atoms with Crippen LogP contribution >= 0.6 is 0 Å². The summed E-state index contributed by atoms with van der Waals surface area (Å²) < 4.78 is 11.8. The van der Waals surface area contributed by atoms with Crippen molar-refractivity contribution in [2.75, 3.05) is 59.1 Å².